The van der Waals surface area contributed by atoms with Crippen molar-refractivity contribution in [2.45, 2.75) is 30.9 Å². The topological polar surface area (TPSA) is 112 Å². The summed E-state index contributed by atoms with van der Waals surface area (Å²) >= 11 is 13.4. The van der Waals surface area contributed by atoms with Crippen molar-refractivity contribution in [2.24, 2.45) is 17.3 Å². The zero-order chi connectivity index (χ0) is 30.4. The molecule has 2 saturated heterocycles. The average Bonchev–Trinajstić information content (AvgIpc) is 3.32. The van der Waals surface area contributed by atoms with Gasteiger partial charge in [-0.2, -0.15) is 0 Å². The third-order valence-corrected chi connectivity index (χ3v) is 11.5. The Balaban J connectivity index is 1.71. The Labute approximate surface area is 262 Å². The van der Waals surface area contributed by atoms with Gasteiger partial charge in [-0.1, -0.05) is 133 Å². The first-order valence-corrected chi connectivity index (χ1v) is 15.6. The van der Waals surface area contributed by atoms with Gasteiger partial charge in [0.1, 0.15) is 15.6 Å². The minimum absolute atomic E-state index is 0.199. The molecule has 1 amide bonds. The molecule has 216 valence electrons. The fourth-order valence-electron chi connectivity index (χ4n) is 6.72. The maximum Gasteiger partial charge on any atom is 0.323 e. The molecular formula is C31H27NO6S4. The maximum atomic E-state index is 14.4. The smallest absolute Gasteiger partial charge is 0.323 e. The first kappa shape index (κ1) is 30.3. The van der Waals surface area contributed by atoms with E-state index in [4.69, 9.17) is 24.4 Å². The van der Waals surface area contributed by atoms with Crippen LogP contribution in [0.15, 0.2) is 77.2 Å². The van der Waals surface area contributed by atoms with Crippen LogP contribution in [0.2, 0.25) is 0 Å². The van der Waals surface area contributed by atoms with Crippen LogP contribution in [-0.4, -0.2) is 58.6 Å². The van der Waals surface area contributed by atoms with E-state index in [9.17, 15) is 29.4 Å². The first-order valence-electron chi connectivity index (χ1n) is 13.2. The predicted molar refractivity (Wildman–Crippen MR) is 172 cm³/mol. The second kappa shape index (κ2) is 11.5. The number of carboxylic acids is 2. The van der Waals surface area contributed by atoms with E-state index in [-0.39, 0.29) is 22.4 Å². The van der Waals surface area contributed by atoms with Gasteiger partial charge in [-0.25, -0.2) is 0 Å². The highest BCUT2D eigenvalue weighted by molar-refractivity contribution is 8.27. The van der Waals surface area contributed by atoms with Crippen molar-refractivity contribution in [1.82, 2.24) is 4.90 Å². The summed E-state index contributed by atoms with van der Waals surface area (Å²) in [4.78, 5) is 52.5. The highest BCUT2D eigenvalue weighted by Gasteiger charge is 2.76. The van der Waals surface area contributed by atoms with Gasteiger partial charge in [0, 0.05) is 17.3 Å². The van der Waals surface area contributed by atoms with E-state index in [2.05, 4.69) is 0 Å². The van der Waals surface area contributed by atoms with Crippen molar-refractivity contribution in [3.05, 3.63) is 88.3 Å². The number of aliphatic carboxylic acids is 2. The lowest BCUT2D eigenvalue weighted by Crippen LogP contribution is -2.68. The quantitative estimate of drug-likeness (QED) is 0.272. The van der Waals surface area contributed by atoms with Crippen LogP contribution in [0.4, 0.5) is 0 Å². The summed E-state index contributed by atoms with van der Waals surface area (Å²) < 4.78 is -0.650. The lowest BCUT2D eigenvalue weighted by Gasteiger charge is -2.64. The van der Waals surface area contributed by atoms with Crippen LogP contribution in [0, 0.1) is 17.3 Å². The molecule has 2 heterocycles. The van der Waals surface area contributed by atoms with Crippen LogP contribution in [0.5, 0.6) is 0 Å². The van der Waals surface area contributed by atoms with Crippen molar-refractivity contribution >= 4 is 86.2 Å². The minimum atomic E-state index is -1.16. The Morgan fingerprint density at radius 2 is 1.62 bits per heavy atom. The maximum absolute atomic E-state index is 14.4. The number of thioether (sulfide) groups is 2. The molecule has 2 aromatic rings. The molecule has 7 nitrogen and oxygen atoms in total. The van der Waals surface area contributed by atoms with E-state index >= 15 is 0 Å². The van der Waals surface area contributed by atoms with Crippen molar-refractivity contribution in [1.29, 1.82) is 0 Å². The van der Waals surface area contributed by atoms with E-state index in [1.165, 1.54) is 16.7 Å². The summed E-state index contributed by atoms with van der Waals surface area (Å²) in [6.45, 7) is 3.39. The minimum Gasteiger partial charge on any atom is -0.481 e. The van der Waals surface area contributed by atoms with Gasteiger partial charge in [0.2, 0.25) is 5.91 Å². The van der Waals surface area contributed by atoms with Gasteiger partial charge < -0.3 is 10.2 Å². The number of carbonyl (C=O) groups excluding carboxylic acids is 2. The first-order chi connectivity index (χ1) is 19.9. The van der Waals surface area contributed by atoms with Crippen molar-refractivity contribution in [3.63, 3.8) is 0 Å². The summed E-state index contributed by atoms with van der Waals surface area (Å²) in [5, 5.41) is 18.9. The number of benzene rings is 2. The molecule has 3 aliphatic rings. The van der Waals surface area contributed by atoms with Gasteiger partial charge in [-0.05, 0) is 18.1 Å². The Morgan fingerprint density at radius 1 is 1.00 bits per heavy atom. The molecule has 0 aromatic heterocycles. The molecule has 2 aliphatic heterocycles. The SMILES string of the molecule is C/C(=C\c1ccccc1)C1C(C)(/C=C2/SC(=S)C(CC(=O)O)C2=O)C(c2ccccc2)C12SC(=S)N(CC(=O)O)C2=O. The second-order valence-electron chi connectivity index (χ2n) is 10.8. The van der Waals surface area contributed by atoms with Crippen LogP contribution in [0.3, 0.4) is 0 Å². The Bertz CT molecular complexity index is 1570. The third kappa shape index (κ3) is 5.06. The van der Waals surface area contributed by atoms with Crippen LogP contribution in [0.25, 0.3) is 6.08 Å². The highest BCUT2D eigenvalue weighted by atomic mass is 32.2. The molecule has 1 aliphatic carbocycles. The predicted octanol–water partition coefficient (Wildman–Crippen LogP) is 5.81. The fourth-order valence-corrected chi connectivity index (χ4v) is 10.7. The molecule has 3 fully saturated rings. The highest BCUT2D eigenvalue weighted by Crippen LogP contribution is 2.74. The van der Waals surface area contributed by atoms with E-state index in [0.29, 0.717) is 9.10 Å². The van der Waals surface area contributed by atoms with Gasteiger partial charge in [-0.3, -0.25) is 24.1 Å². The summed E-state index contributed by atoms with van der Waals surface area (Å²) in [5.74, 6) is -4.86. The number of thiocarbonyl (C=S) groups is 2. The zero-order valence-electron chi connectivity index (χ0n) is 22.7. The van der Waals surface area contributed by atoms with Gasteiger partial charge >= 0.3 is 11.9 Å². The lowest BCUT2D eigenvalue weighted by atomic mass is 9.43. The summed E-state index contributed by atoms with van der Waals surface area (Å²) in [5.41, 5.74) is 1.83. The van der Waals surface area contributed by atoms with Gasteiger partial charge in [0.25, 0.3) is 0 Å². The number of carbonyl (C=O) groups is 4. The number of Topliss-reactive ketones (excluding diaryl/α,β-unsaturated/α-hetero) is 1. The molecule has 5 rings (SSSR count). The van der Waals surface area contributed by atoms with Crippen molar-refractivity contribution in [2.75, 3.05) is 6.54 Å². The Morgan fingerprint density at radius 3 is 2.21 bits per heavy atom. The van der Waals surface area contributed by atoms with Gasteiger partial charge in [-0.15, -0.1) is 0 Å². The summed E-state index contributed by atoms with van der Waals surface area (Å²) in [7, 11) is 0. The number of carboxylic acid groups (broad SMARTS) is 2. The van der Waals surface area contributed by atoms with Gasteiger partial charge in [0.05, 0.1) is 21.4 Å². The van der Waals surface area contributed by atoms with Crippen molar-refractivity contribution in [3.8, 4) is 0 Å². The number of allylic oxidation sites excluding steroid dienone is 3. The molecule has 11 heteroatoms. The largest absolute Gasteiger partial charge is 0.481 e. The molecule has 0 bridgehead atoms. The molecule has 1 spiro atoms. The van der Waals surface area contributed by atoms with Crippen LogP contribution in [0.1, 0.15) is 37.3 Å². The van der Waals surface area contributed by atoms with E-state index in [1.807, 2.05) is 86.7 Å². The molecule has 2 aromatic carbocycles. The lowest BCUT2D eigenvalue weighted by molar-refractivity contribution is -0.146. The number of amides is 1. The van der Waals surface area contributed by atoms with Crippen LogP contribution < -0.4 is 0 Å². The molecular weight excluding hydrogens is 611 g/mol. The van der Waals surface area contributed by atoms with Crippen molar-refractivity contribution < 1.29 is 29.4 Å². The normalized spacial score (nSPS) is 30.3. The van der Waals surface area contributed by atoms with E-state index in [1.54, 1.807) is 0 Å². The molecule has 5 unspecified atom stereocenters. The number of hydrogen-bond acceptors (Lipinski definition) is 8. The zero-order valence-corrected chi connectivity index (χ0v) is 25.9. The fraction of sp³-hybridized carbons (Fsp3) is 0.290. The van der Waals surface area contributed by atoms with E-state index in [0.717, 1.165) is 28.5 Å². The monoisotopic (exact) mass is 637 g/mol. The number of ketones is 1. The number of nitrogens with zero attached hydrogens (tertiary/aromatic N) is 1. The third-order valence-electron chi connectivity index (χ3n) is 8.11. The average molecular weight is 638 g/mol. The van der Waals surface area contributed by atoms with Gasteiger partial charge in [0.15, 0.2) is 5.78 Å². The molecule has 2 N–H and O–H groups in total. The number of hydrogen-bond donors (Lipinski definition) is 2. The summed E-state index contributed by atoms with van der Waals surface area (Å²) in [6.07, 6.45) is 3.48. The molecule has 42 heavy (non-hydrogen) atoms. The molecule has 1 saturated carbocycles. The van der Waals surface area contributed by atoms with Crippen LogP contribution >= 0.6 is 48.0 Å². The summed E-state index contributed by atoms with van der Waals surface area (Å²) in [6, 6.07) is 19.1. The Hall–Kier alpha value is -3.12. The van der Waals surface area contributed by atoms with E-state index < -0.39 is 46.4 Å². The standard InChI is InChI=1S/C31H27NO6S4/c1-17(13-18-9-5-3-6-10-18)25-30(2,15-21-24(37)20(14-22(33)34)27(39)41-21)26(19-11-7-4-8-12-19)31(25)28(38)32(16-23(35)36)29(40)42-31/h3-13,15,20,25-26H,14,16H2,1-2H3,(H,33,34)(H,35,36)/b17-13+,21-15+. The molecule has 0 radical (unpaired) electrons. The molecule has 5 atom stereocenters. The number of rotatable bonds is 8. The second-order valence-corrected chi connectivity index (χ2v) is 14.5. The Kier molecular flexibility index (Phi) is 8.32. The van der Waals surface area contributed by atoms with Crippen LogP contribution in [-0.2, 0) is 19.2 Å².